The minimum absolute atomic E-state index is 0.0681. The average Bonchev–Trinajstić information content (AvgIpc) is 3.34. The summed E-state index contributed by atoms with van der Waals surface area (Å²) < 4.78 is 32.8. The molecule has 3 aromatic carbocycles. The molecule has 49 heavy (non-hydrogen) atoms. The number of halogens is 3. The van der Waals surface area contributed by atoms with Crippen molar-refractivity contribution in [2.75, 3.05) is 39.0 Å². The molecule has 0 aliphatic carbocycles. The summed E-state index contributed by atoms with van der Waals surface area (Å²) in [5.41, 5.74) is 6.44. The van der Waals surface area contributed by atoms with Gasteiger partial charge in [0, 0.05) is 35.5 Å². The third-order valence-corrected chi connectivity index (χ3v) is 9.71. The highest BCUT2D eigenvalue weighted by Gasteiger charge is 2.40. The zero-order valence-corrected chi connectivity index (χ0v) is 28.1. The molecule has 0 saturated carbocycles. The van der Waals surface area contributed by atoms with E-state index in [9.17, 15) is 9.59 Å². The zero-order valence-electron chi connectivity index (χ0n) is 26.6. The number of esters is 1. The van der Waals surface area contributed by atoms with Crippen molar-refractivity contribution in [3.8, 4) is 16.9 Å². The van der Waals surface area contributed by atoms with Crippen LogP contribution in [0.1, 0.15) is 44.7 Å². The number of carbonyl (C=O) groups is 2. The maximum absolute atomic E-state index is 15.9. The molecule has 2 bridgehead atoms. The standard InChI is InChI=1S/C35H31Cl2FN6O5/c1-40-42-32-25(12-41-13-29(32)39)19-8-26(36)31(27(37)9-19)34(45)43-14-18-4-3-5-22(33(18)49-17-43)23-11-30(24(10-28(23)38)35(46)47-2)44-20-6-7-21(44)16-48-15-20/h3-5,8-13,20-21,39-40H,6-7,14-17H2,1-2H3/b39-29?,42-32-. The van der Waals surface area contributed by atoms with Gasteiger partial charge in [0.05, 0.1) is 72.0 Å². The van der Waals surface area contributed by atoms with E-state index in [1.165, 1.54) is 24.3 Å². The van der Waals surface area contributed by atoms with Gasteiger partial charge in [-0.15, -0.1) is 0 Å². The summed E-state index contributed by atoms with van der Waals surface area (Å²) >= 11 is 13.3. The molecule has 2 N–H and O–H groups in total. The van der Waals surface area contributed by atoms with Crippen molar-refractivity contribution in [1.82, 2.24) is 10.3 Å². The average molecular weight is 706 g/mol. The number of anilines is 1. The Morgan fingerprint density at radius 3 is 2.53 bits per heavy atom. The molecule has 3 aromatic rings. The first-order valence-corrected chi connectivity index (χ1v) is 16.3. The molecule has 4 heterocycles. The molecule has 252 valence electrons. The molecular weight excluding hydrogens is 674 g/mol. The lowest BCUT2D eigenvalue weighted by molar-refractivity contribution is 0.0515. The quantitative estimate of drug-likeness (QED) is 0.239. The number of carbonyl (C=O) groups excluding carboxylic acids is 2. The highest BCUT2D eigenvalue weighted by molar-refractivity contribution is 6.72. The van der Waals surface area contributed by atoms with Gasteiger partial charge in [-0.3, -0.25) is 15.2 Å². The van der Waals surface area contributed by atoms with Crippen LogP contribution in [0.25, 0.3) is 16.7 Å². The lowest BCUT2D eigenvalue weighted by Gasteiger charge is -2.37. The van der Waals surface area contributed by atoms with Crippen LogP contribution >= 0.6 is 23.2 Å². The summed E-state index contributed by atoms with van der Waals surface area (Å²) in [7, 11) is 2.90. The number of fused-ring (bicyclic) bond motifs is 3. The van der Waals surface area contributed by atoms with Crippen molar-refractivity contribution >= 4 is 64.0 Å². The molecule has 0 aromatic heterocycles. The number of rotatable bonds is 6. The molecule has 2 saturated heterocycles. The normalized spacial score (nSPS) is 20.6. The summed E-state index contributed by atoms with van der Waals surface area (Å²) in [6.45, 7) is 1.05. The van der Waals surface area contributed by atoms with Crippen molar-refractivity contribution in [1.29, 1.82) is 5.41 Å². The molecule has 7 rings (SSSR count). The van der Waals surface area contributed by atoms with E-state index in [2.05, 4.69) is 20.4 Å². The van der Waals surface area contributed by atoms with E-state index in [4.69, 9.17) is 42.8 Å². The van der Waals surface area contributed by atoms with E-state index in [1.54, 1.807) is 43.6 Å². The number of methoxy groups -OCH3 is 1. The number of morpholine rings is 1. The van der Waals surface area contributed by atoms with E-state index in [0.29, 0.717) is 52.6 Å². The van der Waals surface area contributed by atoms with Gasteiger partial charge >= 0.3 is 5.97 Å². The molecule has 1 amide bonds. The van der Waals surface area contributed by atoms with Crippen LogP contribution in [-0.2, 0) is 16.0 Å². The van der Waals surface area contributed by atoms with Crippen LogP contribution < -0.4 is 15.1 Å². The number of hydrogen-bond acceptors (Lipinski definition) is 10. The fourth-order valence-corrected chi connectivity index (χ4v) is 7.53. The zero-order chi connectivity index (χ0) is 34.4. The Bertz CT molecular complexity index is 1960. The fourth-order valence-electron chi connectivity index (χ4n) is 6.88. The van der Waals surface area contributed by atoms with Crippen LogP contribution in [0.4, 0.5) is 10.1 Å². The molecule has 2 unspecified atom stereocenters. The second-order valence-electron chi connectivity index (χ2n) is 12.0. The van der Waals surface area contributed by atoms with Crippen molar-refractivity contribution < 1.29 is 28.2 Å². The summed E-state index contributed by atoms with van der Waals surface area (Å²) in [6.07, 6.45) is 4.74. The minimum Gasteiger partial charge on any atom is -0.472 e. The van der Waals surface area contributed by atoms with Crippen LogP contribution in [0, 0.1) is 11.2 Å². The smallest absolute Gasteiger partial charge is 0.340 e. The molecule has 4 aliphatic heterocycles. The number of benzene rings is 3. The molecule has 4 aliphatic rings. The molecule has 11 nitrogen and oxygen atoms in total. The van der Waals surface area contributed by atoms with Crippen LogP contribution in [0.5, 0.6) is 5.75 Å². The van der Waals surface area contributed by atoms with Crippen LogP contribution in [0.3, 0.4) is 0 Å². The Labute approximate surface area is 291 Å². The van der Waals surface area contributed by atoms with Gasteiger partial charge in [0.15, 0.2) is 6.73 Å². The van der Waals surface area contributed by atoms with Crippen LogP contribution in [0.2, 0.25) is 10.0 Å². The summed E-state index contributed by atoms with van der Waals surface area (Å²) in [5, 5.41) is 12.6. The number of aliphatic imine (C=N–C) groups is 1. The molecule has 0 radical (unpaired) electrons. The summed E-state index contributed by atoms with van der Waals surface area (Å²) in [5.74, 6) is -1.24. The monoisotopic (exact) mass is 704 g/mol. The first-order chi connectivity index (χ1) is 23.7. The predicted molar refractivity (Wildman–Crippen MR) is 186 cm³/mol. The highest BCUT2D eigenvalue weighted by Crippen LogP contribution is 2.43. The van der Waals surface area contributed by atoms with Crippen molar-refractivity contribution in [3.63, 3.8) is 0 Å². The van der Waals surface area contributed by atoms with Crippen LogP contribution in [0.15, 0.2) is 58.8 Å². The Morgan fingerprint density at radius 1 is 1.10 bits per heavy atom. The van der Waals surface area contributed by atoms with Gasteiger partial charge in [-0.2, -0.15) is 5.10 Å². The van der Waals surface area contributed by atoms with Gasteiger partial charge in [0.2, 0.25) is 0 Å². The number of ether oxygens (including phenoxy) is 3. The SMILES string of the molecule is CN/N=C1\C(=N)C=NC=C1c1cc(Cl)c(C(=O)N2COc3c(cccc3-c3cc(N4C5CCC4COC5)c(C(=O)OC)cc3F)C2)c(Cl)c1. The third kappa shape index (κ3) is 5.83. The molecule has 14 heteroatoms. The Kier molecular flexibility index (Phi) is 8.86. The minimum atomic E-state index is -0.618. The molecule has 0 spiro atoms. The van der Waals surface area contributed by atoms with Crippen molar-refractivity contribution in [2.45, 2.75) is 31.5 Å². The number of nitrogens with zero attached hydrogens (tertiary/aromatic N) is 4. The second-order valence-corrected chi connectivity index (χ2v) is 12.8. The van der Waals surface area contributed by atoms with Gasteiger partial charge in [-0.1, -0.05) is 41.4 Å². The number of hydrogen-bond donors (Lipinski definition) is 2. The summed E-state index contributed by atoms with van der Waals surface area (Å²) in [6, 6.07) is 11.6. The van der Waals surface area contributed by atoms with E-state index in [0.717, 1.165) is 12.8 Å². The number of amides is 1. The van der Waals surface area contributed by atoms with E-state index < -0.39 is 17.7 Å². The number of hydrazone groups is 1. The number of para-hydroxylation sites is 1. The Balaban J connectivity index is 1.19. The van der Waals surface area contributed by atoms with Gasteiger partial charge < -0.3 is 29.4 Å². The van der Waals surface area contributed by atoms with Crippen molar-refractivity contribution in [3.05, 3.63) is 86.8 Å². The number of allylic oxidation sites excluding steroid dienone is 1. The topological polar surface area (TPSA) is 129 Å². The van der Waals surface area contributed by atoms with Gasteiger partial charge in [-0.05, 0) is 42.7 Å². The third-order valence-electron chi connectivity index (χ3n) is 9.12. The lowest BCUT2D eigenvalue weighted by atomic mass is 9.96. The number of nitrogens with one attached hydrogen (secondary N) is 2. The first-order valence-electron chi connectivity index (χ1n) is 15.6. The van der Waals surface area contributed by atoms with Crippen molar-refractivity contribution in [2.24, 2.45) is 10.1 Å². The highest BCUT2D eigenvalue weighted by atomic mass is 35.5. The molecular formula is C35H31Cl2FN6O5. The van der Waals surface area contributed by atoms with Gasteiger partial charge in [-0.25, -0.2) is 9.18 Å². The van der Waals surface area contributed by atoms with E-state index in [1.807, 2.05) is 6.07 Å². The second kappa shape index (κ2) is 13.3. The maximum atomic E-state index is 15.9. The first kappa shape index (κ1) is 32.8. The fraction of sp³-hybridized carbons (Fsp3) is 0.286. The van der Waals surface area contributed by atoms with Gasteiger partial charge in [0.1, 0.15) is 23.0 Å². The Hall–Kier alpha value is -4.78. The van der Waals surface area contributed by atoms with E-state index in [-0.39, 0.29) is 57.8 Å². The molecule has 2 atom stereocenters. The summed E-state index contributed by atoms with van der Waals surface area (Å²) in [4.78, 5) is 34.4. The van der Waals surface area contributed by atoms with Gasteiger partial charge in [0.25, 0.3) is 5.91 Å². The molecule has 2 fully saturated rings. The lowest BCUT2D eigenvalue weighted by Crippen LogP contribution is -2.46. The van der Waals surface area contributed by atoms with E-state index >= 15 is 4.39 Å². The predicted octanol–water partition coefficient (Wildman–Crippen LogP) is 5.97. The largest absolute Gasteiger partial charge is 0.472 e. The maximum Gasteiger partial charge on any atom is 0.340 e. The van der Waals surface area contributed by atoms with Crippen LogP contribution in [-0.4, -0.2) is 80.6 Å². The Morgan fingerprint density at radius 2 is 1.84 bits per heavy atom.